The Bertz CT molecular complexity index is 1310. The lowest BCUT2D eigenvalue weighted by Gasteiger charge is -2.31. The lowest BCUT2D eigenvalue weighted by Crippen LogP contribution is -2.34. The molecule has 158 valence electrons. The van der Waals surface area contributed by atoms with Crippen molar-refractivity contribution < 1.29 is 8.42 Å². The zero-order chi connectivity index (χ0) is 21.5. The number of sulfonamides is 1. The second kappa shape index (κ2) is 7.60. The Kier molecular flexibility index (Phi) is 5.10. The van der Waals surface area contributed by atoms with Gasteiger partial charge in [0.2, 0.25) is 0 Å². The number of hydrogen-bond acceptors (Lipinski definition) is 6. The molecular formula is C20H23N5O4S. The molecule has 1 atom stereocenters. The van der Waals surface area contributed by atoms with Crippen molar-refractivity contribution in [2.45, 2.75) is 24.7 Å². The molecule has 1 saturated heterocycles. The number of aryl methyl sites for hydroxylation is 1. The van der Waals surface area contributed by atoms with Crippen molar-refractivity contribution in [1.82, 2.24) is 14.5 Å². The minimum atomic E-state index is -3.93. The summed E-state index contributed by atoms with van der Waals surface area (Å²) in [7, 11) is -2.43. The Morgan fingerprint density at radius 3 is 2.70 bits per heavy atom. The first-order valence-corrected chi connectivity index (χ1v) is 11.2. The summed E-state index contributed by atoms with van der Waals surface area (Å²) >= 11 is 0. The van der Waals surface area contributed by atoms with Crippen LogP contribution in [0.3, 0.4) is 0 Å². The van der Waals surface area contributed by atoms with Crippen molar-refractivity contribution in [2.75, 3.05) is 22.7 Å². The number of aromatic nitrogens is 3. The first kappa shape index (κ1) is 20.1. The smallest absolute Gasteiger partial charge is 0.328 e. The van der Waals surface area contributed by atoms with E-state index in [4.69, 9.17) is 0 Å². The molecule has 3 aromatic rings. The Labute approximate surface area is 173 Å². The van der Waals surface area contributed by atoms with E-state index in [1.165, 1.54) is 42.4 Å². The van der Waals surface area contributed by atoms with Crippen LogP contribution in [-0.2, 0) is 17.1 Å². The van der Waals surface area contributed by atoms with Gasteiger partial charge in [0.1, 0.15) is 5.82 Å². The van der Waals surface area contributed by atoms with Gasteiger partial charge in [-0.25, -0.2) is 18.2 Å². The molecule has 0 saturated carbocycles. The van der Waals surface area contributed by atoms with Crippen LogP contribution in [0, 0.1) is 5.92 Å². The molecule has 0 bridgehead atoms. The molecule has 10 heteroatoms. The third-order valence-electron chi connectivity index (χ3n) is 5.39. The van der Waals surface area contributed by atoms with Gasteiger partial charge in [-0.3, -0.25) is 19.1 Å². The first-order chi connectivity index (χ1) is 14.2. The lowest BCUT2D eigenvalue weighted by molar-refractivity contribution is 0.444. The van der Waals surface area contributed by atoms with Crippen LogP contribution in [-0.4, -0.2) is 36.0 Å². The Morgan fingerprint density at radius 2 is 2.00 bits per heavy atom. The SMILES string of the molecule is C[C@H]1CCCN(c2ccc(NS(=O)(=O)c3ccc4c(c3)c(=O)[nH]c(=O)n4C)cn2)C1. The van der Waals surface area contributed by atoms with E-state index in [1.807, 2.05) is 0 Å². The predicted octanol–water partition coefficient (Wildman–Crippen LogP) is 1.66. The van der Waals surface area contributed by atoms with Crippen molar-refractivity contribution in [3.63, 3.8) is 0 Å². The van der Waals surface area contributed by atoms with E-state index in [-0.39, 0.29) is 10.3 Å². The number of benzene rings is 1. The normalized spacial score (nSPS) is 17.3. The number of H-pyrrole nitrogens is 1. The number of piperidine rings is 1. The molecule has 3 heterocycles. The zero-order valence-corrected chi connectivity index (χ0v) is 17.6. The van der Waals surface area contributed by atoms with Gasteiger partial charge in [-0.2, -0.15) is 0 Å². The highest BCUT2D eigenvalue weighted by Crippen LogP contribution is 2.23. The van der Waals surface area contributed by atoms with Crippen molar-refractivity contribution in [2.24, 2.45) is 13.0 Å². The average molecular weight is 430 g/mol. The van der Waals surface area contributed by atoms with E-state index < -0.39 is 21.3 Å². The summed E-state index contributed by atoms with van der Waals surface area (Å²) in [4.78, 5) is 32.5. The first-order valence-electron chi connectivity index (χ1n) is 9.71. The summed E-state index contributed by atoms with van der Waals surface area (Å²) in [6, 6.07) is 7.54. The molecule has 9 nitrogen and oxygen atoms in total. The largest absolute Gasteiger partial charge is 0.356 e. The van der Waals surface area contributed by atoms with Crippen LogP contribution in [0.15, 0.2) is 51.0 Å². The molecule has 0 unspecified atom stereocenters. The van der Waals surface area contributed by atoms with E-state index in [1.54, 1.807) is 12.1 Å². The maximum atomic E-state index is 12.8. The third kappa shape index (κ3) is 3.82. The minimum Gasteiger partial charge on any atom is -0.356 e. The number of nitrogens with one attached hydrogen (secondary N) is 2. The predicted molar refractivity (Wildman–Crippen MR) is 115 cm³/mol. The Balaban J connectivity index is 1.60. The highest BCUT2D eigenvalue weighted by molar-refractivity contribution is 7.92. The number of rotatable bonds is 4. The van der Waals surface area contributed by atoms with E-state index in [0.717, 1.165) is 25.3 Å². The summed E-state index contributed by atoms with van der Waals surface area (Å²) in [5, 5.41) is 0.118. The summed E-state index contributed by atoms with van der Waals surface area (Å²) in [6.07, 6.45) is 3.81. The number of fused-ring (bicyclic) bond motifs is 1. The summed E-state index contributed by atoms with van der Waals surface area (Å²) in [6.45, 7) is 4.09. The average Bonchev–Trinajstić information content (AvgIpc) is 2.72. The van der Waals surface area contributed by atoms with Gasteiger partial charge < -0.3 is 4.90 Å². The number of hydrogen-bond donors (Lipinski definition) is 2. The second-order valence-corrected chi connectivity index (χ2v) is 9.38. The van der Waals surface area contributed by atoms with Crippen LogP contribution in [0.5, 0.6) is 0 Å². The summed E-state index contributed by atoms with van der Waals surface area (Å²) < 4.78 is 29.4. The van der Waals surface area contributed by atoms with Gasteiger partial charge in [0.25, 0.3) is 15.6 Å². The van der Waals surface area contributed by atoms with E-state index in [0.29, 0.717) is 17.1 Å². The molecule has 0 spiro atoms. The van der Waals surface area contributed by atoms with Gasteiger partial charge in [0, 0.05) is 20.1 Å². The summed E-state index contributed by atoms with van der Waals surface area (Å²) in [5.41, 5.74) is -0.509. The topological polar surface area (TPSA) is 117 Å². The van der Waals surface area contributed by atoms with Crippen LogP contribution >= 0.6 is 0 Å². The van der Waals surface area contributed by atoms with Crippen molar-refractivity contribution in [1.29, 1.82) is 0 Å². The van der Waals surface area contributed by atoms with E-state index in [9.17, 15) is 18.0 Å². The number of anilines is 2. The van der Waals surface area contributed by atoms with Gasteiger partial charge >= 0.3 is 5.69 Å². The van der Waals surface area contributed by atoms with Crippen LogP contribution in [0.2, 0.25) is 0 Å². The number of pyridine rings is 1. The molecule has 4 rings (SSSR count). The molecular weight excluding hydrogens is 406 g/mol. The molecule has 0 amide bonds. The van der Waals surface area contributed by atoms with Gasteiger partial charge in [-0.1, -0.05) is 6.92 Å². The van der Waals surface area contributed by atoms with Gasteiger partial charge in [0.05, 0.1) is 27.7 Å². The molecule has 0 aliphatic carbocycles. The van der Waals surface area contributed by atoms with Crippen molar-refractivity contribution in [3.05, 3.63) is 57.4 Å². The summed E-state index contributed by atoms with van der Waals surface area (Å²) in [5.74, 6) is 1.43. The van der Waals surface area contributed by atoms with Crippen LogP contribution in [0.25, 0.3) is 10.9 Å². The van der Waals surface area contributed by atoms with Gasteiger partial charge in [-0.15, -0.1) is 0 Å². The quantitative estimate of drug-likeness (QED) is 0.651. The van der Waals surface area contributed by atoms with Crippen molar-refractivity contribution >= 4 is 32.4 Å². The highest BCUT2D eigenvalue weighted by Gasteiger charge is 2.19. The fourth-order valence-electron chi connectivity index (χ4n) is 3.76. The fourth-order valence-corrected chi connectivity index (χ4v) is 4.83. The zero-order valence-electron chi connectivity index (χ0n) is 16.8. The van der Waals surface area contributed by atoms with Crippen LogP contribution in [0.1, 0.15) is 19.8 Å². The van der Waals surface area contributed by atoms with Crippen LogP contribution < -0.4 is 20.9 Å². The Morgan fingerprint density at radius 1 is 1.20 bits per heavy atom. The highest BCUT2D eigenvalue weighted by atomic mass is 32.2. The molecule has 30 heavy (non-hydrogen) atoms. The minimum absolute atomic E-state index is 0.0759. The monoisotopic (exact) mass is 429 g/mol. The van der Waals surface area contributed by atoms with E-state index >= 15 is 0 Å². The van der Waals surface area contributed by atoms with E-state index in [2.05, 4.69) is 26.5 Å². The van der Waals surface area contributed by atoms with Gasteiger partial charge in [0.15, 0.2) is 0 Å². The lowest BCUT2D eigenvalue weighted by atomic mass is 10.0. The molecule has 1 aliphatic heterocycles. The molecule has 2 aromatic heterocycles. The maximum absolute atomic E-state index is 12.8. The Hall–Kier alpha value is -3.14. The molecule has 0 radical (unpaired) electrons. The van der Waals surface area contributed by atoms with Crippen molar-refractivity contribution in [3.8, 4) is 0 Å². The molecule has 1 aliphatic rings. The molecule has 1 aromatic carbocycles. The number of aromatic amines is 1. The number of nitrogens with zero attached hydrogens (tertiary/aromatic N) is 3. The van der Waals surface area contributed by atoms with Gasteiger partial charge in [-0.05, 0) is 49.1 Å². The molecule has 2 N–H and O–H groups in total. The fraction of sp³-hybridized carbons (Fsp3) is 0.350. The third-order valence-corrected chi connectivity index (χ3v) is 6.77. The maximum Gasteiger partial charge on any atom is 0.328 e. The second-order valence-electron chi connectivity index (χ2n) is 7.70. The molecule has 1 fully saturated rings. The standard InChI is InChI=1S/C20H23N5O4S/c1-13-4-3-9-25(12-13)18-8-5-14(11-21-18)23-30(28,29)15-6-7-17-16(10-15)19(26)22-20(27)24(17)2/h5-8,10-11,13,23H,3-4,9,12H2,1-2H3,(H,22,26,27)/t13-/m0/s1. The van der Waals surface area contributed by atoms with Crippen LogP contribution in [0.4, 0.5) is 11.5 Å².